The van der Waals surface area contributed by atoms with E-state index in [4.69, 9.17) is 4.74 Å². The molecule has 0 aromatic carbocycles. The second kappa shape index (κ2) is 5.89. The van der Waals surface area contributed by atoms with E-state index < -0.39 is 5.60 Å². The average molecular weight is 255 g/mol. The molecule has 2 aliphatic rings. The van der Waals surface area contributed by atoms with Gasteiger partial charge in [0.25, 0.3) is 0 Å². The molecule has 1 heterocycles. The van der Waals surface area contributed by atoms with E-state index in [1.165, 1.54) is 19.3 Å². The van der Waals surface area contributed by atoms with Crippen molar-refractivity contribution in [3.63, 3.8) is 0 Å². The lowest BCUT2D eigenvalue weighted by atomic mass is 9.74. The summed E-state index contributed by atoms with van der Waals surface area (Å²) in [4.78, 5) is 0. The highest BCUT2D eigenvalue weighted by Gasteiger charge is 2.35. The monoisotopic (exact) mass is 255 g/mol. The second-order valence-corrected chi connectivity index (χ2v) is 6.84. The van der Waals surface area contributed by atoms with Crippen molar-refractivity contribution >= 4 is 0 Å². The van der Waals surface area contributed by atoms with E-state index in [-0.39, 0.29) is 0 Å². The van der Waals surface area contributed by atoms with E-state index in [1.807, 2.05) is 0 Å². The lowest BCUT2D eigenvalue weighted by Gasteiger charge is -2.39. The minimum Gasteiger partial charge on any atom is -0.386 e. The van der Waals surface area contributed by atoms with Gasteiger partial charge in [0.2, 0.25) is 0 Å². The van der Waals surface area contributed by atoms with Crippen molar-refractivity contribution in [3.8, 4) is 0 Å². The van der Waals surface area contributed by atoms with Gasteiger partial charge in [0.1, 0.15) is 5.60 Å². The molecule has 3 nitrogen and oxygen atoms in total. The number of hydrogen-bond donors (Lipinski definition) is 2. The molecule has 1 saturated carbocycles. The van der Waals surface area contributed by atoms with Crippen molar-refractivity contribution in [2.75, 3.05) is 19.8 Å². The number of aliphatic hydroxyl groups is 1. The van der Waals surface area contributed by atoms with Crippen LogP contribution in [0.3, 0.4) is 0 Å². The minimum atomic E-state index is -0.623. The Morgan fingerprint density at radius 3 is 2.78 bits per heavy atom. The molecule has 3 heteroatoms. The van der Waals surface area contributed by atoms with Crippen LogP contribution in [0.5, 0.6) is 0 Å². The van der Waals surface area contributed by atoms with Gasteiger partial charge in [-0.25, -0.2) is 0 Å². The van der Waals surface area contributed by atoms with Gasteiger partial charge in [-0.2, -0.15) is 0 Å². The van der Waals surface area contributed by atoms with Gasteiger partial charge in [-0.05, 0) is 30.6 Å². The quantitative estimate of drug-likeness (QED) is 0.809. The van der Waals surface area contributed by atoms with E-state index in [9.17, 15) is 5.11 Å². The molecule has 4 atom stereocenters. The summed E-state index contributed by atoms with van der Waals surface area (Å²) in [5.74, 6) is 2.29. The minimum absolute atomic E-state index is 0.495. The van der Waals surface area contributed by atoms with Gasteiger partial charge in [0.15, 0.2) is 0 Å². The fourth-order valence-electron chi connectivity index (χ4n) is 3.49. The number of rotatable bonds is 4. The summed E-state index contributed by atoms with van der Waals surface area (Å²) in [6.45, 7) is 8.87. The molecule has 0 spiro atoms. The zero-order valence-corrected chi connectivity index (χ0v) is 12.1. The number of hydrogen-bond acceptors (Lipinski definition) is 3. The van der Waals surface area contributed by atoms with Crippen molar-refractivity contribution in [1.82, 2.24) is 5.32 Å². The maximum absolute atomic E-state index is 10.3. The summed E-state index contributed by atoms with van der Waals surface area (Å²) in [7, 11) is 0. The zero-order valence-electron chi connectivity index (χ0n) is 12.1. The third kappa shape index (κ3) is 3.46. The third-order valence-corrected chi connectivity index (χ3v) is 4.80. The molecule has 0 aromatic heterocycles. The highest BCUT2D eigenvalue weighted by atomic mass is 16.5. The molecule has 2 N–H and O–H groups in total. The Hall–Kier alpha value is -0.120. The summed E-state index contributed by atoms with van der Waals surface area (Å²) in [6, 6.07) is 0.568. The van der Waals surface area contributed by atoms with Crippen LogP contribution in [0.15, 0.2) is 0 Å². The predicted octanol–water partition coefficient (Wildman–Crippen LogP) is 2.19. The molecule has 4 unspecified atom stereocenters. The first-order chi connectivity index (χ1) is 8.50. The van der Waals surface area contributed by atoms with Gasteiger partial charge < -0.3 is 15.2 Å². The van der Waals surface area contributed by atoms with Crippen molar-refractivity contribution in [2.45, 2.75) is 58.1 Å². The molecule has 0 bridgehead atoms. The van der Waals surface area contributed by atoms with Crippen LogP contribution in [-0.2, 0) is 4.74 Å². The van der Waals surface area contributed by atoms with Crippen LogP contribution in [0.2, 0.25) is 0 Å². The molecule has 2 fully saturated rings. The molecule has 1 aliphatic carbocycles. The molecular formula is C15H29NO2. The van der Waals surface area contributed by atoms with E-state index in [2.05, 4.69) is 26.1 Å². The van der Waals surface area contributed by atoms with Crippen molar-refractivity contribution in [3.05, 3.63) is 0 Å². The normalized spacial score (nSPS) is 41.5. The standard InChI is InChI=1S/C15H29NO2/c1-11(2)13-5-4-12(3)8-14(13)16-9-15(17)6-7-18-10-15/h11-14,16-17H,4-10H2,1-3H3. The summed E-state index contributed by atoms with van der Waals surface area (Å²) < 4.78 is 5.31. The first-order valence-corrected chi connectivity index (χ1v) is 7.54. The zero-order chi connectivity index (χ0) is 13.2. The molecule has 0 amide bonds. The fourth-order valence-corrected chi connectivity index (χ4v) is 3.49. The van der Waals surface area contributed by atoms with Crippen LogP contribution in [0, 0.1) is 17.8 Å². The highest BCUT2D eigenvalue weighted by Crippen LogP contribution is 2.33. The van der Waals surface area contributed by atoms with Gasteiger partial charge in [-0.3, -0.25) is 0 Å². The Morgan fingerprint density at radius 1 is 1.39 bits per heavy atom. The lowest BCUT2D eigenvalue weighted by molar-refractivity contribution is 0.0187. The van der Waals surface area contributed by atoms with E-state index in [1.54, 1.807) is 0 Å². The summed E-state index contributed by atoms with van der Waals surface area (Å²) in [5.41, 5.74) is -0.623. The van der Waals surface area contributed by atoms with Gasteiger partial charge in [-0.15, -0.1) is 0 Å². The second-order valence-electron chi connectivity index (χ2n) is 6.84. The van der Waals surface area contributed by atoms with Crippen molar-refractivity contribution in [1.29, 1.82) is 0 Å². The maximum Gasteiger partial charge on any atom is 0.102 e. The molecule has 1 aliphatic heterocycles. The topological polar surface area (TPSA) is 41.5 Å². The molecule has 2 rings (SSSR count). The van der Waals surface area contributed by atoms with Gasteiger partial charge >= 0.3 is 0 Å². The van der Waals surface area contributed by atoms with Crippen LogP contribution in [0.4, 0.5) is 0 Å². The van der Waals surface area contributed by atoms with Crippen LogP contribution >= 0.6 is 0 Å². The SMILES string of the molecule is CC1CCC(C(C)C)C(NCC2(O)CCOC2)C1. The first kappa shape index (κ1) is 14.3. The highest BCUT2D eigenvalue weighted by molar-refractivity contribution is 4.90. The molecular weight excluding hydrogens is 226 g/mol. The summed E-state index contributed by atoms with van der Waals surface area (Å²) >= 11 is 0. The molecule has 0 radical (unpaired) electrons. The van der Waals surface area contributed by atoms with E-state index in [0.717, 1.165) is 24.2 Å². The van der Waals surface area contributed by atoms with Crippen LogP contribution < -0.4 is 5.32 Å². The lowest BCUT2D eigenvalue weighted by Crippen LogP contribution is -2.50. The van der Waals surface area contributed by atoms with E-state index in [0.29, 0.717) is 25.8 Å². The summed E-state index contributed by atoms with van der Waals surface area (Å²) in [5, 5.41) is 14.0. The summed E-state index contributed by atoms with van der Waals surface area (Å²) in [6.07, 6.45) is 4.70. The third-order valence-electron chi connectivity index (χ3n) is 4.80. The molecule has 106 valence electrons. The van der Waals surface area contributed by atoms with Crippen molar-refractivity contribution in [2.24, 2.45) is 17.8 Å². The van der Waals surface area contributed by atoms with Crippen LogP contribution in [0.25, 0.3) is 0 Å². The Bertz CT molecular complexity index is 261. The predicted molar refractivity (Wildman–Crippen MR) is 73.5 cm³/mol. The molecule has 1 saturated heterocycles. The largest absolute Gasteiger partial charge is 0.386 e. The van der Waals surface area contributed by atoms with E-state index >= 15 is 0 Å². The van der Waals surface area contributed by atoms with Crippen LogP contribution in [0.1, 0.15) is 46.5 Å². The number of ether oxygens (including phenoxy) is 1. The van der Waals surface area contributed by atoms with Crippen molar-refractivity contribution < 1.29 is 9.84 Å². The fraction of sp³-hybridized carbons (Fsp3) is 1.00. The smallest absolute Gasteiger partial charge is 0.102 e. The average Bonchev–Trinajstić information content (AvgIpc) is 2.74. The Labute approximate surface area is 111 Å². The Balaban J connectivity index is 1.88. The Morgan fingerprint density at radius 2 is 2.17 bits per heavy atom. The van der Waals surface area contributed by atoms with Gasteiger partial charge in [-0.1, -0.05) is 27.2 Å². The van der Waals surface area contributed by atoms with Gasteiger partial charge in [0.05, 0.1) is 6.61 Å². The van der Waals surface area contributed by atoms with Crippen LogP contribution in [-0.4, -0.2) is 36.5 Å². The molecule has 18 heavy (non-hydrogen) atoms. The van der Waals surface area contributed by atoms with Gasteiger partial charge in [0, 0.05) is 25.6 Å². The first-order valence-electron chi connectivity index (χ1n) is 7.54. The maximum atomic E-state index is 10.3. The molecule has 0 aromatic rings. The Kier molecular flexibility index (Phi) is 4.68. The number of nitrogens with one attached hydrogen (secondary N) is 1.